The summed E-state index contributed by atoms with van der Waals surface area (Å²) in [6.45, 7) is 5.63. The van der Waals surface area contributed by atoms with Crippen molar-refractivity contribution in [2.45, 2.75) is 45.6 Å². The Morgan fingerprint density at radius 2 is 1.66 bits per heavy atom. The zero-order chi connectivity index (χ0) is 27.4. The van der Waals surface area contributed by atoms with E-state index in [4.69, 9.17) is 14.2 Å². The number of hydrogen-bond acceptors (Lipinski definition) is 6. The second-order valence-corrected chi connectivity index (χ2v) is 9.42. The third kappa shape index (κ3) is 10.4. The number of carbonyl (C=O) groups is 2. The predicted octanol–water partition coefficient (Wildman–Crippen LogP) is 4.96. The van der Waals surface area contributed by atoms with Gasteiger partial charge in [0.05, 0.1) is 19.4 Å². The lowest BCUT2D eigenvalue weighted by molar-refractivity contribution is -0.124. The van der Waals surface area contributed by atoms with Crippen LogP contribution in [0.5, 0.6) is 5.75 Å². The van der Waals surface area contributed by atoms with Gasteiger partial charge in [0.15, 0.2) is 0 Å². The highest BCUT2D eigenvalue weighted by molar-refractivity contribution is 5.87. The van der Waals surface area contributed by atoms with Crippen molar-refractivity contribution < 1.29 is 28.2 Å². The zero-order valence-corrected chi connectivity index (χ0v) is 21.6. The Balaban J connectivity index is 1.53. The quantitative estimate of drug-likeness (QED) is 0.274. The number of ether oxygens (including phenoxy) is 3. The summed E-state index contributed by atoms with van der Waals surface area (Å²) in [4.78, 5) is 25.0. The van der Waals surface area contributed by atoms with Gasteiger partial charge in [-0.25, -0.2) is 14.6 Å². The van der Waals surface area contributed by atoms with Crippen LogP contribution in [0.1, 0.15) is 37.5 Å². The number of amides is 2. The van der Waals surface area contributed by atoms with E-state index in [0.717, 1.165) is 11.1 Å². The molecule has 0 saturated heterocycles. The molecule has 3 aromatic rings. The van der Waals surface area contributed by atoms with E-state index >= 15 is 0 Å². The number of carbonyl (C=O) groups excluding carboxylic acids is 2. The van der Waals surface area contributed by atoms with E-state index in [-0.39, 0.29) is 25.6 Å². The minimum Gasteiger partial charge on any atom is -0.489 e. The lowest BCUT2D eigenvalue weighted by atomic mass is 10.2. The molecule has 0 spiro atoms. The van der Waals surface area contributed by atoms with Crippen molar-refractivity contribution in [2.24, 2.45) is 5.10 Å². The smallest absolute Gasteiger partial charge is 0.408 e. The van der Waals surface area contributed by atoms with Crippen LogP contribution in [0.3, 0.4) is 0 Å². The van der Waals surface area contributed by atoms with Gasteiger partial charge in [-0.15, -0.1) is 0 Å². The van der Waals surface area contributed by atoms with Gasteiger partial charge in [0, 0.05) is 0 Å². The van der Waals surface area contributed by atoms with Crippen LogP contribution in [0.25, 0.3) is 0 Å². The van der Waals surface area contributed by atoms with Crippen molar-refractivity contribution in [1.82, 2.24) is 10.7 Å². The molecule has 3 rings (SSSR count). The average Bonchev–Trinajstić information content (AvgIpc) is 2.87. The number of halogens is 1. The van der Waals surface area contributed by atoms with E-state index in [2.05, 4.69) is 15.8 Å². The van der Waals surface area contributed by atoms with Crippen molar-refractivity contribution in [1.29, 1.82) is 0 Å². The number of alkyl carbamates (subject to hydrolysis) is 1. The van der Waals surface area contributed by atoms with E-state index in [1.54, 1.807) is 57.2 Å². The molecule has 3 aromatic carbocycles. The molecule has 0 heterocycles. The normalized spacial score (nSPS) is 12.1. The van der Waals surface area contributed by atoms with Crippen LogP contribution in [-0.2, 0) is 27.5 Å². The van der Waals surface area contributed by atoms with Crippen LogP contribution in [0.15, 0.2) is 84.0 Å². The largest absolute Gasteiger partial charge is 0.489 e. The first kappa shape index (κ1) is 28.3. The molecule has 8 nitrogen and oxygen atoms in total. The summed E-state index contributed by atoms with van der Waals surface area (Å²) < 4.78 is 29.9. The highest BCUT2D eigenvalue weighted by atomic mass is 19.1. The Bertz CT molecular complexity index is 1210. The van der Waals surface area contributed by atoms with Crippen LogP contribution >= 0.6 is 0 Å². The summed E-state index contributed by atoms with van der Waals surface area (Å²) in [7, 11) is 0. The van der Waals surface area contributed by atoms with Gasteiger partial charge in [0.1, 0.15) is 29.8 Å². The van der Waals surface area contributed by atoms with Gasteiger partial charge in [-0.05, 0) is 73.9 Å². The van der Waals surface area contributed by atoms with E-state index < -0.39 is 23.6 Å². The molecule has 0 bridgehead atoms. The summed E-state index contributed by atoms with van der Waals surface area (Å²) in [6.07, 6.45) is 0.725. The Kier molecular flexibility index (Phi) is 10.4. The molecule has 2 amide bonds. The molecule has 0 aromatic heterocycles. The number of hydrazone groups is 1. The molecule has 0 aliphatic heterocycles. The molecule has 0 aliphatic rings. The van der Waals surface area contributed by atoms with E-state index in [1.165, 1.54) is 18.3 Å². The molecule has 1 atom stereocenters. The highest BCUT2D eigenvalue weighted by Crippen LogP contribution is 2.14. The maximum Gasteiger partial charge on any atom is 0.408 e. The molecular weight excluding hydrogens is 489 g/mol. The Morgan fingerprint density at radius 3 is 2.34 bits per heavy atom. The molecular formula is C29H32FN3O5. The van der Waals surface area contributed by atoms with E-state index in [1.807, 2.05) is 30.3 Å². The summed E-state index contributed by atoms with van der Waals surface area (Å²) >= 11 is 0. The second-order valence-electron chi connectivity index (χ2n) is 9.42. The van der Waals surface area contributed by atoms with Crippen LogP contribution in [0.4, 0.5) is 9.18 Å². The van der Waals surface area contributed by atoms with Gasteiger partial charge >= 0.3 is 6.09 Å². The van der Waals surface area contributed by atoms with Crippen LogP contribution in [0, 0.1) is 5.82 Å². The molecule has 0 radical (unpaired) electrons. The van der Waals surface area contributed by atoms with Crippen molar-refractivity contribution >= 4 is 18.2 Å². The van der Waals surface area contributed by atoms with Crippen molar-refractivity contribution in [2.75, 3.05) is 6.61 Å². The first-order chi connectivity index (χ1) is 18.2. The standard InChI is InChI=1S/C29H32FN3O5/c1-29(2,3)38-28(35)32-26(20-36-18-22-8-5-4-6-9-22)27(34)33-31-17-21-12-14-25(15-13-21)37-19-23-10-7-11-24(30)16-23/h4-17,26H,18-20H2,1-3H3,(H,32,35)(H,33,34)/b31-17-/t26-/m0/s1. The van der Waals surface area contributed by atoms with E-state index in [0.29, 0.717) is 11.3 Å². The first-order valence-electron chi connectivity index (χ1n) is 12.1. The minimum absolute atomic E-state index is 0.0765. The van der Waals surface area contributed by atoms with E-state index in [9.17, 15) is 14.0 Å². The van der Waals surface area contributed by atoms with Crippen molar-refractivity contribution in [3.8, 4) is 5.75 Å². The molecule has 0 saturated carbocycles. The molecule has 38 heavy (non-hydrogen) atoms. The fourth-order valence-corrected chi connectivity index (χ4v) is 3.19. The molecule has 0 aliphatic carbocycles. The number of nitrogens with one attached hydrogen (secondary N) is 2. The Morgan fingerprint density at radius 1 is 0.947 bits per heavy atom. The third-order valence-corrected chi connectivity index (χ3v) is 4.97. The monoisotopic (exact) mass is 521 g/mol. The number of rotatable bonds is 11. The first-order valence-corrected chi connectivity index (χ1v) is 12.1. The van der Waals surface area contributed by atoms with Gasteiger partial charge in [-0.3, -0.25) is 4.79 Å². The minimum atomic E-state index is -1.02. The van der Waals surface area contributed by atoms with Gasteiger partial charge in [-0.2, -0.15) is 5.10 Å². The van der Waals surface area contributed by atoms with Gasteiger partial charge in [0.2, 0.25) is 0 Å². The number of hydrogen-bond donors (Lipinski definition) is 2. The summed E-state index contributed by atoms with van der Waals surface area (Å²) in [5.74, 6) is -0.270. The molecule has 2 N–H and O–H groups in total. The van der Waals surface area contributed by atoms with Crippen LogP contribution < -0.4 is 15.5 Å². The Hall–Kier alpha value is -4.24. The maximum atomic E-state index is 13.3. The highest BCUT2D eigenvalue weighted by Gasteiger charge is 2.24. The fraction of sp³-hybridized carbons (Fsp3) is 0.276. The van der Waals surface area contributed by atoms with Crippen LogP contribution in [-0.4, -0.2) is 36.5 Å². The van der Waals surface area contributed by atoms with Gasteiger partial charge < -0.3 is 19.5 Å². The molecule has 200 valence electrons. The second kappa shape index (κ2) is 13.9. The van der Waals surface area contributed by atoms with Crippen molar-refractivity contribution in [3.63, 3.8) is 0 Å². The topological polar surface area (TPSA) is 98.2 Å². The summed E-state index contributed by atoms with van der Waals surface area (Å²) in [5.41, 5.74) is 4.07. The molecule has 0 fully saturated rings. The average molecular weight is 522 g/mol. The molecule has 9 heteroatoms. The number of benzene rings is 3. The van der Waals surface area contributed by atoms with Gasteiger partial charge in [0.25, 0.3) is 5.91 Å². The van der Waals surface area contributed by atoms with Crippen molar-refractivity contribution in [3.05, 3.63) is 101 Å². The fourth-order valence-electron chi connectivity index (χ4n) is 3.19. The Labute approximate surface area is 221 Å². The lowest BCUT2D eigenvalue weighted by Crippen LogP contribution is -2.49. The SMILES string of the molecule is CC(C)(C)OC(=O)N[C@@H](COCc1ccccc1)C(=O)N/N=C\c1ccc(OCc2cccc(F)c2)cc1. The summed E-state index contributed by atoms with van der Waals surface area (Å²) in [5, 5.41) is 6.52. The molecule has 0 unspecified atom stereocenters. The zero-order valence-electron chi connectivity index (χ0n) is 21.6. The maximum absolute atomic E-state index is 13.3. The van der Waals surface area contributed by atoms with Crippen LogP contribution in [0.2, 0.25) is 0 Å². The third-order valence-electron chi connectivity index (χ3n) is 4.97. The number of nitrogens with zero attached hydrogens (tertiary/aromatic N) is 1. The summed E-state index contributed by atoms with van der Waals surface area (Å²) in [6, 6.07) is 21.7. The lowest BCUT2D eigenvalue weighted by Gasteiger charge is -2.22. The predicted molar refractivity (Wildman–Crippen MR) is 142 cm³/mol. The van der Waals surface area contributed by atoms with Gasteiger partial charge in [-0.1, -0.05) is 42.5 Å².